The lowest BCUT2D eigenvalue weighted by molar-refractivity contribution is 0.0587. The van der Waals surface area contributed by atoms with Crippen molar-refractivity contribution in [3.05, 3.63) is 11.6 Å². The van der Waals surface area contributed by atoms with Crippen LogP contribution in [0.2, 0.25) is 0 Å². The monoisotopic (exact) mass is 224 g/mol. The van der Waals surface area contributed by atoms with Gasteiger partial charge in [0.25, 0.3) is 5.82 Å². The maximum absolute atomic E-state index is 11.1. The summed E-state index contributed by atoms with van der Waals surface area (Å²) in [4.78, 5) is 15.3. The van der Waals surface area contributed by atoms with E-state index in [1.807, 2.05) is 0 Å². The zero-order valence-electron chi connectivity index (χ0n) is 9.32. The lowest BCUT2D eigenvalue weighted by atomic mass is 9.94. The van der Waals surface area contributed by atoms with E-state index in [1.54, 1.807) is 0 Å². The van der Waals surface area contributed by atoms with E-state index < -0.39 is 5.97 Å². The third-order valence-electron chi connectivity index (χ3n) is 2.84. The van der Waals surface area contributed by atoms with Gasteiger partial charge in [-0.1, -0.05) is 0 Å². The Morgan fingerprint density at radius 3 is 2.94 bits per heavy atom. The number of H-pyrrole nitrogens is 1. The van der Waals surface area contributed by atoms with Crippen LogP contribution in [0.1, 0.15) is 29.3 Å². The summed E-state index contributed by atoms with van der Waals surface area (Å²) in [7, 11) is 1.32. The van der Waals surface area contributed by atoms with Crippen molar-refractivity contribution in [2.45, 2.75) is 19.3 Å². The highest BCUT2D eigenvalue weighted by molar-refractivity contribution is 5.84. The number of ether oxygens (including phenoxy) is 1. The van der Waals surface area contributed by atoms with Crippen molar-refractivity contribution in [3.8, 4) is 0 Å². The van der Waals surface area contributed by atoms with Gasteiger partial charge in [-0.25, -0.2) is 9.78 Å². The second-order valence-electron chi connectivity index (χ2n) is 3.99. The molecule has 0 saturated carbocycles. The zero-order chi connectivity index (χ0) is 11.4. The molecule has 0 amide bonds. The van der Waals surface area contributed by atoms with Crippen LogP contribution in [0.25, 0.3) is 0 Å². The lowest BCUT2D eigenvalue weighted by Crippen LogP contribution is -2.28. The van der Waals surface area contributed by atoms with Crippen LogP contribution < -0.4 is 5.32 Å². The number of nitrogens with one attached hydrogen (secondary N) is 2. The van der Waals surface area contributed by atoms with Crippen LogP contribution in [0.4, 0.5) is 0 Å². The van der Waals surface area contributed by atoms with Crippen LogP contribution in [0.15, 0.2) is 0 Å². The van der Waals surface area contributed by atoms with E-state index in [2.05, 4.69) is 25.2 Å². The van der Waals surface area contributed by atoms with Crippen molar-refractivity contribution >= 4 is 5.97 Å². The summed E-state index contributed by atoms with van der Waals surface area (Å²) in [6.07, 6.45) is 3.15. The molecule has 1 aliphatic rings. The van der Waals surface area contributed by atoms with Gasteiger partial charge in [0.15, 0.2) is 0 Å². The van der Waals surface area contributed by atoms with Gasteiger partial charge in [-0.05, 0) is 31.8 Å². The first-order valence-electron chi connectivity index (χ1n) is 5.50. The van der Waals surface area contributed by atoms with Gasteiger partial charge in [-0.15, -0.1) is 5.10 Å². The second-order valence-corrected chi connectivity index (χ2v) is 3.99. The van der Waals surface area contributed by atoms with E-state index in [4.69, 9.17) is 0 Å². The molecule has 0 atom stereocenters. The van der Waals surface area contributed by atoms with Gasteiger partial charge in [-0.2, -0.15) is 0 Å². The molecule has 0 spiro atoms. The lowest BCUT2D eigenvalue weighted by Gasteiger charge is -2.21. The van der Waals surface area contributed by atoms with Crippen molar-refractivity contribution < 1.29 is 9.53 Å². The Morgan fingerprint density at radius 2 is 2.25 bits per heavy atom. The number of carbonyl (C=O) groups is 1. The molecule has 2 rings (SSSR count). The van der Waals surface area contributed by atoms with Crippen LogP contribution in [-0.2, 0) is 11.2 Å². The molecule has 2 heterocycles. The normalized spacial score (nSPS) is 17.3. The summed E-state index contributed by atoms with van der Waals surface area (Å²) < 4.78 is 4.55. The van der Waals surface area contributed by atoms with Crippen LogP contribution in [0.3, 0.4) is 0 Å². The van der Waals surface area contributed by atoms with E-state index in [0.717, 1.165) is 38.2 Å². The fraction of sp³-hybridized carbons (Fsp3) is 0.700. The molecule has 1 aromatic rings. The summed E-state index contributed by atoms with van der Waals surface area (Å²) >= 11 is 0. The molecule has 0 bridgehead atoms. The van der Waals surface area contributed by atoms with E-state index in [9.17, 15) is 4.79 Å². The van der Waals surface area contributed by atoms with E-state index in [1.165, 1.54) is 7.11 Å². The average molecular weight is 224 g/mol. The Balaban J connectivity index is 1.94. The highest BCUT2D eigenvalue weighted by Gasteiger charge is 2.17. The Morgan fingerprint density at radius 1 is 1.50 bits per heavy atom. The number of rotatable bonds is 3. The molecule has 1 aliphatic heterocycles. The van der Waals surface area contributed by atoms with Gasteiger partial charge < -0.3 is 10.1 Å². The first kappa shape index (κ1) is 11.1. The van der Waals surface area contributed by atoms with Gasteiger partial charge in [0.1, 0.15) is 5.82 Å². The molecule has 88 valence electrons. The Bertz CT molecular complexity index is 357. The fourth-order valence-electron chi connectivity index (χ4n) is 1.93. The number of aromatic nitrogens is 3. The third kappa shape index (κ3) is 2.57. The zero-order valence-corrected chi connectivity index (χ0v) is 9.32. The molecule has 6 heteroatoms. The van der Waals surface area contributed by atoms with Crippen molar-refractivity contribution in [2.75, 3.05) is 20.2 Å². The maximum Gasteiger partial charge on any atom is 0.377 e. The van der Waals surface area contributed by atoms with Crippen molar-refractivity contribution in [1.29, 1.82) is 0 Å². The number of nitrogens with zero attached hydrogens (tertiary/aromatic N) is 2. The average Bonchev–Trinajstić information content (AvgIpc) is 2.78. The topological polar surface area (TPSA) is 79.9 Å². The van der Waals surface area contributed by atoms with Gasteiger partial charge in [0, 0.05) is 6.42 Å². The van der Waals surface area contributed by atoms with Crippen LogP contribution >= 0.6 is 0 Å². The minimum atomic E-state index is -0.493. The summed E-state index contributed by atoms with van der Waals surface area (Å²) in [6.45, 7) is 2.12. The van der Waals surface area contributed by atoms with Crippen molar-refractivity contribution in [2.24, 2.45) is 5.92 Å². The smallest absolute Gasteiger partial charge is 0.377 e. The molecule has 0 radical (unpaired) electrons. The fourth-order valence-corrected chi connectivity index (χ4v) is 1.93. The van der Waals surface area contributed by atoms with Gasteiger partial charge >= 0.3 is 5.97 Å². The van der Waals surface area contributed by atoms with E-state index in [0.29, 0.717) is 5.92 Å². The van der Waals surface area contributed by atoms with E-state index in [-0.39, 0.29) is 5.82 Å². The number of hydrogen-bond donors (Lipinski definition) is 2. The second kappa shape index (κ2) is 5.07. The number of piperidine rings is 1. The van der Waals surface area contributed by atoms with Crippen LogP contribution in [-0.4, -0.2) is 41.3 Å². The summed E-state index contributed by atoms with van der Waals surface area (Å²) in [6, 6.07) is 0. The Labute approximate surface area is 93.8 Å². The molecule has 16 heavy (non-hydrogen) atoms. The highest BCUT2D eigenvalue weighted by atomic mass is 16.5. The van der Waals surface area contributed by atoms with Gasteiger partial charge in [0.2, 0.25) is 0 Å². The number of hydrogen-bond acceptors (Lipinski definition) is 5. The summed E-state index contributed by atoms with van der Waals surface area (Å²) in [5, 5.41) is 9.92. The van der Waals surface area contributed by atoms with Crippen molar-refractivity contribution in [3.63, 3.8) is 0 Å². The molecule has 2 N–H and O–H groups in total. The minimum absolute atomic E-state index is 0.117. The minimum Gasteiger partial charge on any atom is -0.463 e. The third-order valence-corrected chi connectivity index (χ3v) is 2.84. The first-order valence-corrected chi connectivity index (χ1v) is 5.50. The molecule has 1 aromatic heterocycles. The number of methoxy groups -OCH3 is 1. The van der Waals surface area contributed by atoms with Crippen molar-refractivity contribution in [1.82, 2.24) is 20.5 Å². The van der Waals surface area contributed by atoms with Gasteiger partial charge in [0.05, 0.1) is 7.11 Å². The quantitative estimate of drug-likeness (QED) is 0.713. The molecule has 1 saturated heterocycles. The first-order chi connectivity index (χ1) is 7.79. The molecule has 0 aliphatic carbocycles. The van der Waals surface area contributed by atoms with Crippen LogP contribution in [0, 0.1) is 5.92 Å². The molecule has 6 nitrogen and oxygen atoms in total. The Hall–Kier alpha value is -1.43. The molecule has 1 fully saturated rings. The number of esters is 1. The molecular weight excluding hydrogens is 208 g/mol. The molecular formula is C10H16N4O2. The Kier molecular flexibility index (Phi) is 3.51. The standard InChI is InChI=1S/C10H16N4O2/c1-16-10(15)9-12-8(13-14-9)6-7-2-4-11-5-3-7/h7,11H,2-6H2,1H3,(H,12,13,14). The van der Waals surface area contributed by atoms with Crippen LogP contribution in [0.5, 0.6) is 0 Å². The SMILES string of the molecule is COC(=O)c1n[nH]c(CC2CCNCC2)n1. The van der Waals surface area contributed by atoms with Gasteiger partial charge in [-0.3, -0.25) is 5.10 Å². The van der Waals surface area contributed by atoms with E-state index >= 15 is 0 Å². The summed E-state index contributed by atoms with van der Waals surface area (Å²) in [5.41, 5.74) is 0. The number of carbonyl (C=O) groups excluding carboxylic acids is 1. The molecule has 0 unspecified atom stereocenters. The maximum atomic E-state index is 11.1. The predicted molar refractivity (Wildman–Crippen MR) is 57.0 cm³/mol. The predicted octanol–water partition coefficient (Wildman–Crippen LogP) is 0.133. The summed E-state index contributed by atoms with van der Waals surface area (Å²) in [5.74, 6) is 1.02. The highest BCUT2D eigenvalue weighted by Crippen LogP contribution is 2.15. The number of aromatic amines is 1. The largest absolute Gasteiger partial charge is 0.463 e. The molecule has 0 aromatic carbocycles.